The molecule has 0 fully saturated rings. The number of nitrogens with one attached hydrogen (secondary N) is 2. The van der Waals surface area contributed by atoms with E-state index in [1.165, 1.54) is 0 Å². The highest BCUT2D eigenvalue weighted by Crippen LogP contribution is 2.22. The molecule has 0 aliphatic rings. The Balaban J connectivity index is 2.97. The molecule has 1 aromatic rings. The van der Waals surface area contributed by atoms with Crippen molar-refractivity contribution < 1.29 is 18.3 Å². The van der Waals surface area contributed by atoms with Crippen LogP contribution in [0.5, 0.6) is 0 Å². The van der Waals surface area contributed by atoms with E-state index in [0.717, 1.165) is 6.42 Å². The first-order valence-corrected chi connectivity index (χ1v) is 8.48. The molecule has 0 radical (unpaired) electrons. The molecule has 0 saturated heterocycles. The van der Waals surface area contributed by atoms with Gasteiger partial charge in [-0.25, -0.2) is 13.1 Å². The van der Waals surface area contributed by atoms with Gasteiger partial charge in [0.15, 0.2) is 0 Å². The second-order valence-corrected chi connectivity index (χ2v) is 6.44. The highest BCUT2D eigenvalue weighted by atomic mass is 32.2. The molecule has 21 heavy (non-hydrogen) atoms. The fourth-order valence-corrected chi connectivity index (χ4v) is 3.21. The van der Waals surface area contributed by atoms with Gasteiger partial charge in [-0.15, -0.1) is 0 Å². The maximum atomic E-state index is 12.3. The van der Waals surface area contributed by atoms with E-state index < -0.39 is 10.0 Å². The topological polar surface area (TPSA) is 87.7 Å². The van der Waals surface area contributed by atoms with Gasteiger partial charge in [0.1, 0.15) is 4.90 Å². The van der Waals surface area contributed by atoms with Crippen LogP contribution in [0.25, 0.3) is 0 Å². The number of hydrogen-bond acceptors (Lipinski definition) is 5. The van der Waals surface area contributed by atoms with Crippen molar-refractivity contribution in [1.82, 2.24) is 4.72 Å². The summed E-state index contributed by atoms with van der Waals surface area (Å²) in [6.45, 7) is 2.69. The number of hydrogen-bond donors (Lipinski definition) is 3. The summed E-state index contributed by atoms with van der Waals surface area (Å²) < 4.78 is 32.2. The van der Waals surface area contributed by atoms with Gasteiger partial charge in [0, 0.05) is 20.3 Å². The molecule has 120 valence electrons. The van der Waals surface area contributed by atoms with E-state index in [9.17, 15) is 8.42 Å². The van der Waals surface area contributed by atoms with E-state index in [0.29, 0.717) is 25.3 Å². The van der Waals surface area contributed by atoms with Crippen LogP contribution in [0.4, 0.5) is 5.69 Å². The molecule has 7 heteroatoms. The van der Waals surface area contributed by atoms with Crippen LogP contribution in [0.3, 0.4) is 0 Å². The standard InChI is InChI=1S/C14H24N2O4S/c1-3-9-15-21(18,19)14-7-5-4-6-13(14)16-12(8-10-17)11-20-2/h4-7,12,15-17H,3,8-11H2,1-2H3. The van der Waals surface area contributed by atoms with Crippen molar-refractivity contribution in [1.29, 1.82) is 0 Å². The number of ether oxygens (including phenoxy) is 1. The fourth-order valence-electron chi connectivity index (χ4n) is 1.91. The Morgan fingerprint density at radius 1 is 1.33 bits per heavy atom. The average molecular weight is 316 g/mol. The summed E-state index contributed by atoms with van der Waals surface area (Å²) >= 11 is 0. The molecule has 0 aliphatic carbocycles. The zero-order valence-corrected chi connectivity index (χ0v) is 13.3. The van der Waals surface area contributed by atoms with E-state index in [-0.39, 0.29) is 17.5 Å². The minimum absolute atomic E-state index is 0.00400. The average Bonchev–Trinajstić information content (AvgIpc) is 2.46. The van der Waals surface area contributed by atoms with Crippen molar-refractivity contribution in [3.8, 4) is 0 Å². The van der Waals surface area contributed by atoms with Gasteiger partial charge in [-0.05, 0) is 25.0 Å². The number of anilines is 1. The van der Waals surface area contributed by atoms with Gasteiger partial charge >= 0.3 is 0 Å². The Morgan fingerprint density at radius 3 is 2.67 bits per heavy atom. The minimum atomic E-state index is -3.54. The van der Waals surface area contributed by atoms with Gasteiger partial charge in [-0.3, -0.25) is 0 Å². The molecule has 1 aromatic carbocycles. The van der Waals surface area contributed by atoms with Crippen LogP contribution in [0, 0.1) is 0 Å². The first-order chi connectivity index (χ1) is 10.0. The summed E-state index contributed by atoms with van der Waals surface area (Å²) in [5.74, 6) is 0. The third-order valence-electron chi connectivity index (χ3n) is 2.92. The van der Waals surface area contributed by atoms with Gasteiger partial charge in [0.05, 0.1) is 18.3 Å². The van der Waals surface area contributed by atoms with Crippen molar-refractivity contribution in [2.24, 2.45) is 0 Å². The van der Waals surface area contributed by atoms with E-state index in [1.54, 1.807) is 31.4 Å². The van der Waals surface area contributed by atoms with Gasteiger partial charge in [-0.2, -0.15) is 0 Å². The number of sulfonamides is 1. The lowest BCUT2D eigenvalue weighted by atomic mass is 10.2. The molecular weight excluding hydrogens is 292 g/mol. The molecule has 0 amide bonds. The summed E-state index contributed by atoms with van der Waals surface area (Å²) in [5, 5.41) is 12.2. The molecule has 0 heterocycles. The normalized spacial score (nSPS) is 13.1. The zero-order valence-electron chi connectivity index (χ0n) is 12.5. The largest absolute Gasteiger partial charge is 0.396 e. The van der Waals surface area contributed by atoms with Crippen LogP contribution >= 0.6 is 0 Å². The summed E-state index contributed by atoms with van der Waals surface area (Å²) in [4.78, 5) is 0.206. The molecule has 1 rings (SSSR count). The predicted molar refractivity (Wildman–Crippen MR) is 82.9 cm³/mol. The maximum Gasteiger partial charge on any atom is 0.242 e. The number of para-hydroxylation sites is 1. The minimum Gasteiger partial charge on any atom is -0.396 e. The molecule has 0 spiro atoms. The molecule has 0 aliphatic heterocycles. The van der Waals surface area contributed by atoms with Gasteiger partial charge in [-0.1, -0.05) is 19.1 Å². The Labute approximate surface area is 126 Å². The van der Waals surface area contributed by atoms with Crippen LogP contribution in [0.15, 0.2) is 29.2 Å². The first-order valence-electron chi connectivity index (χ1n) is 7.00. The van der Waals surface area contributed by atoms with Gasteiger partial charge in [0.2, 0.25) is 10.0 Å². The van der Waals surface area contributed by atoms with Crippen molar-refractivity contribution >= 4 is 15.7 Å². The van der Waals surface area contributed by atoms with Gasteiger partial charge in [0.25, 0.3) is 0 Å². The van der Waals surface area contributed by atoms with E-state index in [2.05, 4.69) is 10.0 Å². The molecule has 3 N–H and O–H groups in total. The number of aliphatic hydroxyl groups is 1. The highest BCUT2D eigenvalue weighted by molar-refractivity contribution is 7.89. The first kappa shape index (κ1) is 17.9. The number of methoxy groups -OCH3 is 1. The second kappa shape index (κ2) is 8.99. The number of benzene rings is 1. The van der Waals surface area contributed by atoms with Crippen molar-refractivity contribution in [3.63, 3.8) is 0 Å². The van der Waals surface area contributed by atoms with Crippen LogP contribution in [0.1, 0.15) is 19.8 Å². The highest BCUT2D eigenvalue weighted by Gasteiger charge is 2.19. The monoisotopic (exact) mass is 316 g/mol. The van der Waals surface area contributed by atoms with E-state index in [4.69, 9.17) is 9.84 Å². The van der Waals surface area contributed by atoms with Crippen LogP contribution in [0.2, 0.25) is 0 Å². The number of rotatable bonds is 10. The summed E-state index contributed by atoms with van der Waals surface area (Å²) in [6.07, 6.45) is 1.20. The third kappa shape index (κ3) is 5.62. The Morgan fingerprint density at radius 2 is 2.05 bits per heavy atom. The van der Waals surface area contributed by atoms with E-state index >= 15 is 0 Å². The smallest absolute Gasteiger partial charge is 0.242 e. The van der Waals surface area contributed by atoms with Crippen LogP contribution in [-0.2, 0) is 14.8 Å². The Hall–Kier alpha value is -1.15. The predicted octanol–water partition coefficient (Wildman–Crippen LogP) is 1.18. The third-order valence-corrected chi connectivity index (χ3v) is 4.44. The molecule has 0 bridgehead atoms. The van der Waals surface area contributed by atoms with Crippen LogP contribution < -0.4 is 10.0 Å². The SMILES string of the molecule is CCCNS(=O)(=O)c1ccccc1NC(CCO)COC. The van der Waals surface area contributed by atoms with Crippen LogP contribution in [-0.4, -0.2) is 46.4 Å². The van der Waals surface area contributed by atoms with Gasteiger partial charge < -0.3 is 15.2 Å². The summed E-state index contributed by atoms with van der Waals surface area (Å²) in [5.41, 5.74) is 0.511. The fraction of sp³-hybridized carbons (Fsp3) is 0.571. The molecular formula is C14H24N2O4S. The molecule has 1 unspecified atom stereocenters. The number of aliphatic hydroxyl groups excluding tert-OH is 1. The summed E-state index contributed by atoms with van der Waals surface area (Å²) in [7, 11) is -1.98. The lowest BCUT2D eigenvalue weighted by Gasteiger charge is -2.20. The summed E-state index contributed by atoms with van der Waals surface area (Å²) in [6, 6.07) is 6.57. The Bertz CT molecular complexity index is 513. The van der Waals surface area contributed by atoms with Crippen molar-refractivity contribution in [2.75, 3.05) is 32.2 Å². The maximum absolute atomic E-state index is 12.3. The quantitative estimate of drug-likeness (QED) is 0.603. The molecule has 0 saturated carbocycles. The second-order valence-electron chi connectivity index (χ2n) is 4.70. The lowest BCUT2D eigenvalue weighted by Crippen LogP contribution is -2.29. The van der Waals surface area contributed by atoms with Crippen molar-refractivity contribution in [3.05, 3.63) is 24.3 Å². The molecule has 0 aromatic heterocycles. The molecule has 1 atom stereocenters. The lowest BCUT2D eigenvalue weighted by molar-refractivity contribution is 0.170. The van der Waals surface area contributed by atoms with E-state index in [1.807, 2.05) is 6.92 Å². The zero-order chi connectivity index (χ0) is 15.7. The Kier molecular flexibility index (Phi) is 7.66. The molecule has 6 nitrogen and oxygen atoms in total. The van der Waals surface area contributed by atoms with Crippen molar-refractivity contribution in [2.45, 2.75) is 30.7 Å².